The summed E-state index contributed by atoms with van der Waals surface area (Å²) in [4.78, 5) is 3.05. The lowest BCUT2D eigenvalue weighted by molar-refractivity contribution is 0.256. The monoisotopic (exact) mass is 292 g/mol. The largest absolute Gasteiger partial charge is 0.389 e. The number of aryl methyl sites for hydroxylation is 1. The van der Waals surface area contributed by atoms with E-state index in [1.54, 1.807) is 0 Å². The molecule has 0 aliphatic rings. The zero-order valence-corrected chi connectivity index (χ0v) is 13.9. The van der Waals surface area contributed by atoms with E-state index in [0.717, 1.165) is 12.1 Å². The van der Waals surface area contributed by atoms with Crippen molar-refractivity contribution < 1.29 is 0 Å². The number of unbranched alkanes of at least 4 members (excludes halogenated alkanes) is 2. The fraction of sp³-hybridized carbons (Fsp3) is 0.588. The maximum absolute atomic E-state index is 5.69. The molecule has 2 N–H and O–H groups in total. The van der Waals surface area contributed by atoms with Gasteiger partial charge in [0.15, 0.2) is 0 Å². The van der Waals surface area contributed by atoms with Gasteiger partial charge < -0.3 is 5.73 Å². The van der Waals surface area contributed by atoms with Crippen LogP contribution >= 0.6 is 12.2 Å². The van der Waals surface area contributed by atoms with Crippen LogP contribution in [-0.4, -0.2) is 23.0 Å². The van der Waals surface area contributed by atoms with Crippen LogP contribution in [0.5, 0.6) is 0 Å². The highest BCUT2D eigenvalue weighted by atomic mass is 32.1. The molecule has 0 aliphatic heterocycles. The second-order valence-electron chi connectivity index (χ2n) is 5.49. The first-order valence-electron chi connectivity index (χ1n) is 7.70. The van der Waals surface area contributed by atoms with E-state index in [2.05, 4.69) is 37.8 Å². The Morgan fingerprint density at radius 2 is 1.75 bits per heavy atom. The minimum absolute atomic E-state index is 0.480. The van der Waals surface area contributed by atoms with Crippen LogP contribution in [0.2, 0.25) is 0 Å². The second kappa shape index (κ2) is 9.09. The van der Waals surface area contributed by atoms with E-state index in [9.17, 15) is 0 Å². The quantitative estimate of drug-likeness (QED) is 0.697. The van der Waals surface area contributed by atoms with Crippen molar-refractivity contribution in [3.63, 3.8) is 0 Å². The van der Waals surface area contributed by atoms with Gasteiger partial charge in [-0.3, -0.25) is 4.90 Å². The van der Waals surface area contributed by atoms with Crippen LogP contribution in [0.25, 0.3) is 0 Å². The summed E-state index contributed by atoms with van der Waals surface area (Å²) in [6.45, 7) is 10.1. The summed E-state index contributed by atoms with van der Waals surface area (Å²) in [5.74, 6) is 0. The zero-order valence-electron chi connectivity index (χ0n) is 13.1. The Bertz CT molecular complexity index is 421. The molecular formula is C17H28N2S. The molecule has 1 rings (SSSR count). The molecule has 0 radical (unpaired) electrons. The third-order valence-corrected chi connectivity index (χ3v) is 3.91. The highest BCUT2D eigenvalue weighted by Gasteiger charge is 2.08. The predicted octanol–water partition coefficient (Wildman–Crippen LogP) is 4.03. The van der Waals surface area contributed by atoms with E-state index in [1.165, 1.54) is 49.9 Å². The third-order valence-electron chi connectivity index (χ3n) is 3.68. The SMILES string of the molecule is CCCCN(CCCC)Cc1ccc(C(N)=S)cc1C. The van der Waals surface area contributed by atoms with Gasteiger partial charge in [-0.15, -0.1) is 0 Å². The van der Waals surface area contributed by atoms with Crippen molar-refractivity contribution in [2.45, 2.75) is 53.0 Å². The number of hydrogen-bond donors (Lipinski definition) is 1. The highest BCUT2D eigenvalue weighted by Crippen LogP contribution is 2.15. The van der Waals surface area contributed by atoms with Gasteiger partial charge in [0.1, 0.15) is 4.99 Å². The Hall–Kier alpha value is -0.930. The summed E-state index contributed by atoms with van der Waals surface area (Å²) in [6, 6.07) is 6.33. The molecule has 3 heteroatoms. The summed E-state index contributed by atoms with van der Waals surface area (Å²) in [5, 5.41) is 0. The van der Waals surface area contributed by atoms with Gasteiger partial charge in [0, 0.05) is 12.1 Å². The number of nitrogens with two attached hydrogens (primary N) is 1. The summed E-state index contributed by atoms with van der Waals surface area (Å²) in [6.07, 6.45) is 5.05. The van der Waals surface area contributed by atoms with E-state index in [1.807, 2.05) is 6.07 Å². The van der Waals surface area contributed by atoms with Gasteiger partial charge in [-0.25, -0.2) is 0 Å². The summed E-state index contributed by atoms with van der Waals surface area (Å²) in [7, 11) is 0. The van der Waals surface area contributed by atoms with Crippen LogP contribution in [0.4, 0.5) is 0 Å². The molecule has 1 aromatic carbocycles. The van der Waals surface area contributed by atoms with Crippen molar-refractivity contribution in [1.29, 1.82) is 0 Å². The van der Waals surface area contributed by atoms with Crippen molar-refractivity contribution in [2.75, 3.05) is 13.1 Å². The Balaban J connectivity index is 2.73. The summed E-state index contributed by atoms with van der Waals surface area (Å²) >= 11 is 5.03. The van der Waals surface area contributed by atoms with Gasteiger partial charge in [-0.05, 0) is 50.0 Å². The molecule has 0 unspecified atom stereocenters. The number of nitrogens with zero attached hydrogens (tertiary/aromatic N) is 1. The van der Waals surface area contributed by atoms with Gasteiger partial charge >= 0.3 is 0 Å². The topological polar surface area (TPSA) is 29.3 Å². The van der Waals surface area contributed by atoms with Gasteiger partial charge in [0.25, 0.3) is 0 Å². The maximum Gasteiger partial charge on any atom is 0.103 e. The number of thiocarbonyl (C=S) groups is 1. The predicted molar refractivity (Wildman–Crippen MR) is 92.2 cm³/mol. The van der Waals surface area contributed by atoms with Crippen LogP contribution in [-0.2, 0) is 6.54 Å². The van der Waals surface area contributed by atoms with Crippen molar-refractivity contribution in [2.24, 2.45) is 5.73 Å². The summed E-state index contributed by atoms with van der Waals surface area (Å²) in [5.41, 5.74) is 9.33. The number of benzene rings is 1. The highest BCUT2D eigenvalue weighted by molar-refractivity contribution is 7.80. The van der Waals surface area contributed by atoms with Gasteiger partial charge in [0.2, 0.25) is 0 Å². The lowest BCUT2D eigenvalue weighted by atomic mass is 10.0. The zero-order chi connectivity index (χ0) is 15.0. The van der Waals surface area contributed by atoms with Crippen LogP contribution in [0.15, 0.2) is 18.2 Å². The normalized spacial score (nSPS) is 11.0. The fourth-order valence-corrected chi connectivity index (χ4v) is 2.43. The van der Waals surface area contributed by atoms with Crippen molar-refractivity contribution in [3.8, 4) is 0 Å². The minimum Gasteiger partial charge on any atom is -0.389 e. The molecule has 0 fully saturated rings. The molecule has 0 atom stereocenters. The maximum atomic E-state index is 5.69. The molecule has 0 spiro atoms. The van der Waals surface area contributed by atoms with E-state index >= 15 is 0 Å². The molecule has 0 aliphatic carbocycles. The van der Waals surface area contributed by atoms with Crippen LogP contribution < -0.4 is 5.73 Å². The van der Waals surface area contributed by atoms with E-state index in [0.29, 0.717) is 4.99 Å². The van der Waals surface area contributed by atoms with E-state index < -0.39 is 0 Å². The molecule has 0 saturated heterocycles. The molecule has 0 saturated carbocycles. The molecule has 112 valence electrons. The average molecular weight is 292 g/mol. The fourth-order valence-electron chi connectivity index (χ4n) is 2.30. The summed E-state index contributed by atoms with van der Waals surface area (Å²) < 4.78 is 0. The first-order valence-corrected chi connectivity index (χ1v) is 8.11. The lowest BCUT2D eigenvalue weighted by Gasteiger charge is -2.23. The molecule has 0 amide bonds. The van der Waals surface area contributed by atoms with Crippen LogP contribution in [0, 0.1) is 6.92 Å². The standard InChI is InChI=1S/C17H28N2S/c1-4-6-10-19(11-7-5-2)13-16-9-8-15(17(18)20)12-14(16)3/h8-9,12H,4-7,10-11,13H2,1-3H3,(H2,18,20). The molecular weight excluding hydrogens is 264 g/mol. The molecule has 20 heavy (non-hydrogen) atoms. The Kier molecular flexibility index (Phi) is 7.78. The molecule has 0 bridgehead atoms. The molecule has 0 heterocycles. The second-order valence-corrected chi connectivity index (χ2v) is 5.93. The van der Waals surface area contributed by atoms with Gasteiger partial charge in [-0.2, -0.15) is 0 Å². The van der Waals surface area contributed by atoms with Gasteiger partial charge in [-0.1, -0.05) is 51.0 Å². The smallest absolute Gasteiger partial charge is 0.103 e. The first-order chi connectivity index (χ1) is 9.58. The third kappa shape index (κ3) is 5.59. The molecule has 2 nitrogen and oxygen atoms in total. The van der Waals surface area contributed by atoms with Crippen LogP contribution in [0.1, 0.15) is 56.2 Å². The number of rotatable bonds is 9. The Morgan fingerprint density at radius 1 is 1.15 bits per heavy atom. The Labute approximate surface area is 129 Å². The van der Waals surface area contributed by atoms with E-state index in [4.69, 9.17) is 18.0 Å². The van der Waals surface area contributed by atoms with Crippen molar-refractivity contribution >= 4 is 17.2 Å². The van der Waals surface area contributed by atoms with E-state index in [-0.39, 0.29) is 0 Å². The average Bonchev–Trinajstić information content (AvgIpc) is 2.43. The van der Waals surface area contributed by atoms with Gasteiger partial charge in [0.05, 0.1) is 0 Å². The lowest BCUT2D eigenvalue weighted by Crippen LogP contribution is -2.26. The van der Waals surface area contributed by atoms with Crippen molar-refractivity contribution in [1.82, 2.24) is 4.90 Å². The molecule has 0 aromatic heterocycles. The van der Waals surface area contributed by atoms with Crippen LogP contribution in [0.3, 0.4) is 0 Å². The minimum atomic E-state index is 0.480. The molecule has 1 aromatic rings. The van der Waals surface area contributed by atoms with Crippen molar-refractivity contribution in [3.05, 3.63) is 34.9 Å². The first kappa shape index (κ1) is 17.1. The Morgan fingerprint density at radius 3 is 2.20 bits per heavy atom. The number of hydrogen-bond acceptors (Lipinski definition) is 2.